The van der Waals surface area contributed by atoms with E-state index in [1.54, 1.807) is 0 Å². The van der Waals surface area contributed by atoms with Crippen molar-refractivity contribution in [3.8, 4) is 0 Å². The molecule has 1 aliphatic heterocycles. The third kappa shape index (κ3) is 3.01. The fraction of sp³-hybridized carbons (Fsp3) is 0.500. The monoisotopic (exact) mass is 298 g/mol. The quantitative estimate of drug-likeness (QED) is 0.622. The van der Waals surface area contributed by atoms with Crippen LogP contribution in [0.15, 0.2) is 12.1 Å². The third-order valence-corrected chi connectivity index (χ3v) is 3.82. The SMILES string of the molecule is CC1CCC(C)N(C(=O)c2cc(F)cc([N+](=O)[O-])c2F)C1. The molecule has 0 aromatic heterocycles. The molecule has 2 rings (SSSR count). The van der Waals surface area contributed by atoms with Crippen LogP contribution in [0.25, 0.3) is 0 Å². The molecule has 1 aromatic carbocycles. The Bertz CT molecular complexity index is 592. The van der Waals surface area contributed by atoms with Gasteiger partial charge in [0.15, 0.2) is 0 Å². The Morgan fingerprint density at radius 2 is 2.00 bits per heavy atom. The van der Waals surface area contributed by atoms with Crippen molar-refractivity contribution in [2.24, 2.45) is 5.92 Å². The molecule has 1 fully saturated rings. The number of carbonyl (C=O) groups is 1. The van der Waals surface area contributed by atoms with E-state index in [1.165, 1.54) is 4.90 Å². The van der Waals surface area contributed by atoms with Crippen LogP contribution in [0, 0.1) is 27.7 Å². The molecule has 7 heteroatoms. The predicted octanol–water partition coefficient (Wildman–Crippen LogP) is 3.13. The van der Waals surface area contributed by atoms with Gasteiger partial charge in [0.25, 0.3) is 5.91 Å². The summed E-state index contributed by atoms with van der Waals surface area (Å²) in [5.41, 5.74) is -1.60. The molecule has 1 amide bonds. The van der Waals surface area contributed by atoms with Crippen molar-refractivity contribution < 1.29 is 18.5 Å². The molecule has 1 aliphatic rings. The average Bonchev–Trinajstić information content (AvgIpc) is 2.42. The van der Waals surface area contributed by atoms with Gasteiger partial charge in [-0.05, 0) is 31.7 Å². The van der Waals surface area contributed by atoms with Crippen molar-refractivity contribution in [3.63, 3.8) is 0 Å². The standard InChI is InChI=1S/C14H16F2N2O3/c1-8-3-4-9(2)17(7-8)14(19)11-5-10(15)6-12(13(11)16)18(20)21/h5-6,8-9H,3-4,7H2,1-2H3. The first-order valence-corrected chi connectivity index (χ1v) is 6.75. The first-order valence-electron chi connectivity index (χ1n) is 6.75. The van der Waals surface area contributed by atoms with Crippen molar-refractivity contribution in [1.82, 2.24) is 4.90 Å². The first kappa shape index (κ1) is 15.3. The van der Waals surface area contributed by atoms with Crippen molar-refractivity contribution in [2.75, 3.05) is 6.54 Å². The Morgan fingerprint density at radius 1 is 1.33 bits per heavy atom. The fourth-order valence-corrected chi connectivity index (χ4v) is 2.59. The van der Waals surface area contributed by atoms with Gasteiger partial charge in [-0.25, -0.2) is 4.39 Å². The minimum atomic E-state index is -1.28. The number of benzene rings is 1. The number of nitrogens with zero attached hydrogens (tertiary/aromatic N) is 2. The Hall–Kier alpha value is -2.05. The molecule has 21 heavy (non-hydrogen) atoms. The highest BCUT2D eigenvalue weighted by molar-refractivity contribution is 5.95. The van der Waals surface area contributed by atoms with Crippen LogP contribution in [0.2, 0.25) is 0 Å². The van der Waals surface area contributed by atoms with E-state index >= 15 is 0 Å². The largest absolute Gasteiger partial charge is 0.336 e. The lowest BCUT2D eigenvalue weighted by Gasteiger charge is -2.36. The summed E-state index contributed by atoms with van der Waals surface area (Å²) in [4.78, 5) is 23.5. The summed E-state index contributed by atoms with van der Waals surface area (Å²) in [5.74, 6) is -2.72. The predicted molar refractivity (Wildman–Crippen MR) is 71.9 cm³/mol. The van der Waals surface area contributed by atoms with Gasteiger partial charge in [0.2, 0.25) is 5.82 Å². The molecule has 0 radical (unpaired) electrons. The summed E-state index contributed by atoms with van der Waals surface area (Å²) in [6.45, 7) is 4.23. The maximum Gasteiger partial charge on any atom is 0.308 e. The Labute approximate surface area is 120 Å². The van der Waals surface area contributed by atoms with E-state index < -0.39 is 33.7 Å². The van der Waals surface area contributed by atoms with Crippen LogP contribution < -0.4 is 0 Å². The van der Waals surface area contributed by atoms with Crippen LogP contribution in [0.3, 0.4) is 0 Å². The molecule has 0 aliphatic carbocycles. The number of nitro benzene ring substituents is 1. The second kappa shape index (κ2) is 5.75. The molecule has 1 heterocycles. The number of nitro groups is 1. The minimum absolute atomic E-state index is 0.101. The van der Waals surface area contributed by atoms with E-state index in [0.29, 0.717) is 12.6 Å². The molecule has 0 N–H and O–H groups in total. The molecule has 0 bridgehead atoms. The van der Waals surface area contributed by atoms with E-state index in [4.69, 9.17) is 0 Å². The van der Waals surface area contributed by atoms with Crippen LogP contribution in [0.5, 0.6) is 0 Å². The average molecular weight is 298 g/mol. The summed E-state index contributed by atoms with van der Waals surface area (Å²) in [5, 5.41) is 10.7. The molecule has 114 valence electrons. The minimum Gasteiger partial charge on any atom is -0.336 e. The number of carbonyl (C=O) groups excluding carboxylic acids is 1. The smallest absolute Gasteiger partial charge is 0.308 e. The Morgan fingerprint density at radius 3 is 2.62 bits per heavy atom. The summed E-state index contributed by atoms with van der Waals surface area (Å²) >= 11 is 0. The zero-order valence-corrected chi connectivity index (χ0v) is 11.8. The maximum atomic E-state index is 14.1. The van der Waals surface area contributed by atoms with Crippen LogP contribution >= 0.6 is 0 Å². The number of amides is 1. The number of hydrogen-bond acceptors (Lipinski definition) is 3. The van der Waals surface area contributed by atoms with Gasteiger partial charge in [-0.15, -0.1) is 0 Å². The van der Waals surface area contributed by atoms with Gasteiger partial charge < -0.3 is 4.90 Å². The van der Waals surface area contributed by atoms with E-state index in [1.807, 2.05) is 13.8 Å². The third-order valence-electron chi connectivity index (χ3n) is 3.82. The summed E-state index contributed by atoms with van der Waals surface area (Å²) in [6, 6.07) is 1.10. The molecular formula is C14H16F2N2O3. The molecule has 2 unspecified atom stereocenters. The molecule has 0 spiro atoms. The highest BCUT2D eigenvalue weighted by Crippen LogP contribution is 2.27. The van der Waals surface area contributed by atoms with Crippen molar-refractivity contribution in [1.29, 1.82) is 0 Å². The molecule has 2 atom stereocenters. The number of piperidine rings is 1. The molecule has 1 saturated heterocycles. The lowest BCUT2D eigenvalue weighted by atomic mass is 9.94. The summed E-state index contributed by atoms with van der Waals surface area (Å²) in [6.07, 6.45) is 1.72. The summed E-state index contributed by atoms with van der Waals surface area (Å²) in [7, 11) is 0. The normalized spacial score (nSPS) is 22.2. The summed E-state index contributed by atoms with van der Waals surface area (Å²) < 4.78 is 27.5. The van der Waals surface area contributed by atoms with Gasteiger partial charge >= 0.3 is 5.69 Å². The van der Waals surface area contributed by atoms with Crippen LogP contribution in [0.1, 0.15) is 37.0 Å². The van der Waals surface area contributed by atoms with E-state index in [-0.39, 0.29) is 12.0 Å². The molecule has 5 nitrogen and oxygen atoms in total. The Kier molecular flexibility index (Phi) is 4.20. The number of rotatable bonds is 2. The highest BCUT2D eigenvalue weighted by atomic mass is 19.1. The molecule has 0 saturated carbocycles. The van der Waals surface area contributed by atoms with E-state index in [2.05, 4.69) is 0 Å². The van der Waals surface area contributed by atoms with Crippen molar-refractivity contribution in [2.45, 2.75) is 32.7 Å². The topological polar surface area (TPSA) is 63.5 Å². The zero-order chi connectivity index (χ0) is 15.7. The fourth-order valence-electron chi connectivity index (χ4n) is 2.59. The maximum absolute atomic E-state index is 14.1. The number of likely N-dealkylation sites (tertiary alicyclic amines) is 1. The van der Waals surface area contributed by atoms with Gasteiger partial charge in [0.1, 0.15) is 5.82 Å². The van der Waals surface area contributed by atoms with Crippen LogP contribution in [0.4, 0.5) is 14.5 Å². The van der Waals surface area contributed by atoms with Gasteiger partial charge in [0, 0.05) is 12.6 Å². The second-order valence-electron chi connectivity index (χ2n) is 5.53. The number of hydrogen-bond donors (Lipinski definition) is 0. The van der Waals surface area contributed by atoms with Crippen LogP contribution in [-0.2, 0) is 0 Å². The van der Waals surface area contributed by atoms with Crippen LogP contribution in [-0.4, -0.2) is 28.3 Å². The molecule has 1 aromatic rings. The first-order chi connectivity index (χ1) is 9.81. The lowest BCUT2D eigenvalue weighted by Crippen LogP contribution is -2.45. The highest BCUT2D eigenvalue weighted by Gasteiger charge is 2.32. The number of halogens is 2. The zero-order valence-electron chi connectivity index (χ0n) is 11.8. The van der Waals surface area contributed by atoms with Gasteiger partial charge in [-0.2, -0.15) is 4.39 Å². The lowest BCUT2D eigenvalue weighted by molar-refractivity contribution is -0.387. The van der Waals surface area contributed by atoms with E-state index in [9.17, 15) is 23.7 Å². The second-order valence-corrected chi connectivity index (χ2v) is 5.53. The van der Waals surface area contributed by atoms with Gasteiger partial charge in [-0.1, -0.05) is 6.92 Å². The van der Waals surface area contributed by atoms with E-state index in [0.717, 1.165) is 18.9 Å². The van der Waals surface area contributed by atoms with Crippen molar-refractivity contribution in [3.05, 3.63) is 39.4 Å². The van der Waals surface area contributed by atoms with Crippen molar-refractivity contribution >= 4 is 11.6 Å². The Balaban J connectivity index is 2.41. The van der Waals surface area contributed by atoms with Gasteiger partial charge in [-0.3, -0.25) is 14.9 Å². The molecular weight excluding hydrogens is 282 g/mol. The van der Waals surface area contributed by atoms with Gasteiger partial charge in [0.05, 0.1) is 16.6 Å².